The molecule has 1 aromatic rings. The normalized spacial score (nSPS) is 35.5. The van der Waals surface area contributed by atoms with Gasteiger partial charge in [0.25, 0.3) is 0 Å². The van der Waals surface area contributed by atoms with E-state index in [0.717, 1.165) is 12.0 Å². The smallest absolute Gasteiger partial charge is 0.115 e. The highest BCUT2D eigenvalue weighted by Gasteiger charge is 2.53. The molecule has 1 saturated heterocycles. The van der Waals surface area contributed by atoms with Crippen LogP contribution in [0, 0.1) is 5.92 Å². The summed E-state index contributed by atoms with van der Waals surface area (Å²) >= 11 is 0. The molecule has 1 heterocycles. The van der Waals surface area contributed by atoms with Crippen LogP contribution < -0.4 is 0 Å². The number of rotatable bonds is 3. The molecule has 1 N–H and O–H groups in total. The summed E-state index contributed by atoms with van der Waals surface area (Å²) in [4.78, 5) is 2.80. The number of halogens is 1. The summed E-state index contributed by atoms with van der Waals surface area (Å²) in [5.41, 5.74) is 1.66. The predicted molar refractivity (Wildman–Crippen MR) is 88.2 cm³/mol. The molecular weight excluding hydrogens is 282 g/mol. The van der Waals surface area contributed by atoms with Crippen molar-refractivity contribution in [2.45, 2.75) is 62.9 Å². The van der Waals surface area contributed by atoms with E-state index < -0.39 is 0 Å². The number of nitrogens with zero attached hydrogens (tertiary/aromatic N) is 1. The Morgan fingerprint density at radius 2 is 2.10 bits per heavy atom. The fourth-order valence-corrected chi connectivity index (χ4v) is 4.80. The lowest BCUT2D eigenvalue weighted by Gasteiger charge is -2.37. The minimum absolute atomic E-state index is 0. The van der Waals surface area contributed by atoms with E-state index in [0.29, 0.717) is 11.8 Å². The maximum absolute atomic E-state index is 9.86. The SMILES string of the molecule is CC1N(CC2CC2)C2CCCC1(c1cccc(O)c1)C2.Cl. The summed E-state index contributed by atoms with van der Waals surface area (Å²) in [5, 5.41) is 9.86. The van der Waals surface area contributed by atoms with E-state index in [1.165, 1.54) is 50.6 Å². The quantitative estimate of drug-likeness (QED) is 0.908. The van der Waals surface area contributed by atoms with Gasteiger partial charge in [-0.2, -0.15) is 0 Å². The molecule has 0 aromatic heterocycles. The number of benzene rings is 1. The Morgan fingerprint density at radius 3 is 2.81 bits per heavy atom. The van der Waals surface area contributed by atoms with Gasteiger partial charge < -0.3 is 5.11 Å². The third-order valence-electron chi connectivity index (χ3n) is 6.11. The molecule has 2 saturated carbocycles. The number of phenolic OH excluding ortho intramolecular Hbond substituents is 1. The van der Waals surface area contributed by atoms with Crippen molar-refractivity contribution in [3.05, 3.63) is 29.8 Å². The van der Waals surface area contributed by atoms with Gasteiger partial charge in [0.1, 0.15) is 5.75 Å². The fraction of sp³-hybridized carbons (Fsp3) is 0.667. The highest BCUT2D eigenvalue weighted by Crippen LogP contribution is 2.52. The molecule has 0 radical (unpaired) electrons. The molecule has 0 amide bonds. The molecule has 0 spiro atoms. The Morgan fingerprint density at radius 1 is 1.29 bits per heavy atom. The predicted octanol–water partition coefficient (Wildman–Crippen LogP) is 4.11. The van der Waals surface area contributed by atoms with Crippen molar-refractivity contribution in [2.24, 2.45) is 5.92 Å². The summed E-state index contributed by atoms with van der Waals surface area (Å²) in [5.74, 6) is 1.39. The van der Waals surface area contributed by atoms with Crippen LogP contribution in [0.5, 0.6) is 5.75 Å². The molecule has 3 atom stereocenters. The first kappa shape index (κ1) is 15.2. The second-order valence-corrected chi connectivity index (χ2v) is 7.27. The molecule has 2 aliphatic carbocycles. The zero-order chi connectivity index (χ0) is 13.7. The Kier molecular flexibility index (Phi) is 3.96. The summed E-state index contributed by atoms with van der Waals surface area (Å²) in [6.07, 6.45) is 8.17. The first-order valence-electron chi connectivity index (χ1n) is 8.24. The average Bonchev–Trinajstić information content (AvgIpc) is 3.25. The molecule has 3 heteroatoms. The number of hydrogen-bond acceptors (Lipinski definition) is 2. The van der Waals surface area contributed by atoms with Crippen molar-refractivity contribution in [1.29, 1.82) is 0 Å². The Bertz CT molecular complexity index is 516. The zero-order valence-corrected chi connectivity index (χ0v) is 13.6. The topological polar surface area (TPSA) is 23.5 Å². The number of fused-ring (bicyclic) bond motifs is 2. The molecule has 2 nitrogen and oxygen atoms in total. The molecular formula is C18H26ClNO. The maximum Gasteiger partial charge on any atom is 0.115 e. The van der Waals surface area contributed by atoms with E-state index >= 15 is 0 Å². The lowest BCUT2D eigenvalue weighted by atomic mass is 9.67. The summed E-state index contributed by atoms with van der Waals surface area (Å²) in [6.45, 7) is 3.74. The summed E-state index contributed by atoms with van der Waals surface area (Å²) < 4.78 is 0. The van der Waals surface area contributed by atoms with Crippen LogP contribution in [0.4, 0.5) is 0 Å². The van der Waals surface area contributed by atoms with Gasteiger partial charge in [-0.05, 0) is 62.6 Å². The van der Waals surface area contributed by atoms with E-state index in [-0.39, 0.29) is 17.8 Å². The van der Waals surface area contributed by atoms with Crippen LogP contribution in [0.2, 0.25) is 0 Å². The second-order valence-electron chi connectivity index (χ2n) is 7.27. The Hall–Kier alpha value is -0.730. The van der Waals surface area contributed by atoms with Gasteiger partial charge >= 0.3 is 0 Å². The van der Waals surface area contributed by atoms with Gasteiger partial charge in [-0.25, -0.2) is 0 Å². The van der Waals surface area contributed by atoms with Crippen molar-refractivity contribution in [2.75, 3.05) is 6.54 Å². The number of phenols is 1. The van der Waals surface area contributed by atoms with Crippen molar-refractivity contribution >= 4 is 12.4 Å². The minimum Gasteiger partial charge on any atom is -0.508 e. The lowest BCUT2D eigenvalue weighted by molar-refractivity contribution is 0.183. The molecule has 116 valence electrons. The minimum atomic E-state index is 0. The highest BCUT2D eigenvalue weighted by atomic mass is 35.5. The van der Waals surface area contributed by atoms with Crippen molar-refractivity contribution in [3.63, 3.8) is 0 Å². The van der Waals surface area contributed by atoms with Crippen molar-refractivity contribution in [3.8, 4) is 5.75 Å². The van der Waals surface area contributed by atoms with Crippen LogP contribution >= 0.6 is 12.4 Å². The summed E-state index contributed by atoms with van der Waals surface area (Å²) in [6, 6.07) is 9.46. The molecule has 3 unspecified atom stereocenters. The van der Waals surface area contributed by atoms with Gasteiger partial charge in [-0.1, -0.05) is 18.6 Å². The van der Waals surface area contributed by atoms with Crippen LogP contribution in [0.25, 0.3) is 0 Å². The van der Waals surface area contributed by atoms with Gasteiger partial charge in [0, 0.05) is 24.0 Å². The van der Waals surface area contributed by atoms with Gasteiger partial charge in [0.2, 0.25) is 0 Å². The average molecular weight is 308 g/mol. The third kappa shape index (κ3) is 2.47. The summed E-state index contributed by atoms with van der Waals surface area (Å²) in [7, 11) is 0. The Labute approximate surface area is 134 Å². The molecule has 1 aliphatic heterocycles. The first-order chi connectivity index (χ1) is 9.69. The Balaban J connectivity index is 0.00000132. The van der Waals surface area contributed by atoms with Gasteiger partial charge in [0.15, 0.2) is 0 Å². The molecule has 3 aliphatic rings. The van der Waals surface area contributed by atoms with E-state index in [1.807, 2.05) is 12.1 Å². The molecule has 21 heavy (non-hydrogen) atoms. The molecule has 4 rings (SSSR count). The second kappa shape index (κ2) is 5.48. The molecule has 3 fully saturated rings. The fourth-order valence-electron chi connectivity index (χ4n) is 4.80. The van der Waals surface area contributed by atoms with Gasteiger partial charge in [0.05, 0.1) is 0 Å². The monoisotopic (exact) mass is 307 g/mol. The van der Waals surface area contributed by atoms with Gasteiger partial charge in [-0.15, -0.1) is 12.4 Å². The number of hydrogen-bond donors (Lipinski definition) is 1. The largest absolute Gasteiger partial charge is 0.508 e. The first-order valence-corrected chi connectivity index (χ1v) is 8.24. The van der Waals surface area contributed by atoms with E-state index in [1.54, 1.807) is 6.07 Å². The maximum atomic E-state index is 9.86. The van der Waals surface area contributed by atoms with Crippen molar-refractivity contribution in [1.82, 2.24) is 4.90 Å². The molecule has 2 bridgehead atoms. The van der Waals surface area contributed by atoms with E-state index in [9.17, 15) is 5.11 Å². The number of likely N-dealkylation sites (tertiary alicyclic amines) is 1. The van der Waals surface area contributed by atoms with E-state index in [4.69, 9.17) is 0 Å². The van der Waals surface area contributed by atoms with Crippen LogP contribution in [-0.2, 0) is 5.41 Å². The molecule has 1 aromatic carbocycles. The highest BCUT2D eigenvalue weighted by molar-refractivity contribution is 5.85. The van der Waals surface area contributed by atoms with Crippen LogP contribution in [-0.4, -0.2) is 28.6 Å². The number of aromatic hydroxyl groups is 1. The van der Waals surface area contributed by atoms with Crippen molar-refractivity contribution < 1.29 is 5.11 Å². The van der Waals surface area contributed by atoms with Crippen LogP contribution in [0.15, 0.2) is 24.3 Å². The van der Waals surface area contributed by atoms with Gasteiger partial charge in [-0.3, -0.25) is 4.90 Å². The van der Waals surface area contributed by atoms with Crippen LogP contribution in [0.1, 0.15) is 51.0 Å². The third-order valence-corrected chi connectivity index (χ3v) is 6.11. The standard InChI is InChI=1S/C18H25NO.ClH/c1-13-18(15-4-2-6-17(20)10-15)9-3-5-16(11-18)19(13)12-14-7-8-14;/h2,4,6,10,13-14,16,20H,3,5,7-9,11-12H2,1H3;1H. The van der Waals surface area contributed by atoms with Crippen LogP contribution in [0.3, 0.4) is 0 Å². The zero-order valence-electron chi connectivity index (χ0n) is 12.8. The van der Waals surface area contributed by atoms with E-state index in [2.05, 4.69) is 17.9 Å². The lowest BCUT2D eigenvalue weighted by Crippen LogP contribution is -2.41.